The Kier molecular flexibility index (Phi) is 11.9. The molecule has 2 saturated heterocycles. The lowest BCUT2D eigenvalue weighted by Crippen LogP contribution is -2.49. The molecule has 2 N–H and O–H groups in total. The highest BCUT2D eigenvalue weighted by molar-refractivity contribution is 9.10. The first kappa shape index (κ1) is 33.3. The van der Waals surface area contributed by atoms with Crippen molar-refractivity contribution in [1.82, 2.24) is 20.8 Å². The summed E-state index contributed by atoms with van der Waals surface area (Å²) in [6.07, 6.45) is -1.63. The average molecular weight is 647 g/mol. The van der Waals surface area contributed by atoms with E-state index in [4.69, 9.17) is 14.4 Å². The van der Waals surface area contributed by atoms with Crippen molar-refractivity contribution in [2.75, 3.05) is 13.2 Å². The number of ether oxygens (including phenoxy) is 1. The van der Waals surface area contributed by atoms with Gasteiger partial charge in [-0.25, -0.2) is 9.59 Å². The molecule has 0 saturated carbocycles. The molecule has 0 bridgehead atoms. The van der Waals surface area contributed by atoms with E-state index in [0.717, 1.165) is 0 Å². The molecule has 17 heteroatoms. The highest BCUT2D eigenvalue weighted by Gasteiger charge is 2.35. The molecule has 2 fully saturated rings. The van der Waals surface area contributed by atoms with E-state index in [1.54, 1.807) is 13.8 Å². The summed E-state index contributed by atoms with van der Waals surface area (Å²) in [6.45, 7) is 3.93. The van der Waals surface area contributed by atoms with Crippen molar-refractivity contribution in [2.45, 2.75) is 76.1 Å². The van der Waals surface area contributed by atoms with Crippen LogP contribution in [0.4, 0.5) is 0 Å². The second-order valence-electron chi connectivity index (χ2n) is 9.70. The highest BCUT2D eigenvalue weighted by atomic mass is 79.9. The van der Waals surface area contributed by atoms with Crippen molar-refractivity contribution in [1.29, 1.82) is 0 Å². The van der Waals surface area contributed by atoms with Crippen molar-refractivity contribution in [3.63, 3.8) is 0 Å². The number of nitrogens with one attached hydrogen (secondary N) is 2. The van der Waals surface area contributed by atoms with Crippen molar-refractivity contribution in [3.8, 4) is 0 Å². The fourth-order valence-corrected chi connectivity index (χ4v) is 3.43. The molecule has 2 unspecified atom stereocenters. The summed E-state index contributed by atoms with van der Waals surface area (Å²) in [5, 5.41) is 5.52. The first-order valence-electron chi connectivity index (χ1n) is 12.7. The van der Waals surface area contributed by atoms with E-state index in [9.17, 15) is 43.2 Å². The number of imide groups is 2. The number of amides is 6. The lowest BCUT2D eigenvalue weighted by atomic mass is 10.1. The third-order valence-electron chi connectivity index (χ3n) is 5.69. The number of hydrogen-bond acceptors (Lipinski definition) is 12. The standard InChI is InChI=1S/C24H31BrN4O12/c1-13(12-39-23(38)24(2,3)25)21(36)27-14(4-9-19(34)40-28-15(30)5-6-16(28)31)22(37)26-11-10-20(35)41-29-17(32)7-8-18(29)33/h13-14H,4-12H2,1-3H3,(H,26,37)(H,27,36). The third kappa shape index (κ3) is 10.2. The number of nitrogens with zero attached hydrogens (tertiary/aromatic N) is 2. The van der Waals surface area contributed by atoms with Crippen molar-refractivity contribution in [3.05, 3.63) is 0 Å². The Morgan fingerprint density at radius 3 is 1.76 bits per heavy atom. The molecule has 2 heterocycles. The lowest BCUT2D eigenvalue weighted by Gasteiger charge is -2.22. The lowest BCUT2D eigenvalue weighted by molar-refractivity contribution is -0.197. The minimum Gasteiger partial charge on any atom is -0.464 e. The molecule has 16 nitrogen and oxygen atoms in total. The Balaban J connectivity index is 1.95. The molecule has 2 atom stereocenters. The molecule has 0 aromatic rings. The molecule has 226 valence electrons. The summed E-state index contributed by atoms with van der Waals surface area (Å²) in [5.41, 5.74) is 0. The number of halogens is 1. The third-order valence-corrected chi connectivity index (χ3v) is 6.02. The van der Waals surface area contributed by atoms with Gasteiger partial charge in [-0.1, -0.05) is 22.9 Å². The molecular weight excluding hydrogens is 616 g/mol. The maximum absolute atomic E-state index is 12.8. The van der Waals surface area contributed by atoms with Gasteiger partial charge < -0.3 is 25.0 Å². The Morgan fingerprint density at radius 1 is 0.829 bits per heavy atom. The molecule has 2 rings (SSSR count). The number of carbonyl (C=O) groups excluding carboxylic acids is 9. The summed E-state index contributed by atoms with van der Waals surface area (Å²) >= 11 is 3.14. The largest absolute Gasteiger partial charge is 0.464 e. The van der Waals surface area contributed by atoms with Crippen LogP contribution in [0.25, 0.3) is 0 Å². The maximum Gasteiger partial charge on any atom is 0.334 e. The van der Waals surface area contributed by atoms with Crippen LogP contribution in [-0.4, -0.2) is 87.0 Å². The SMILES string of the molecule is CC(COC(=O)C(C)(C)Br)C(=O)NC(CCC(=O)ON1C(=O)CCC1=O)C(=O)NCCC(=O)ON1C(=O)CCC1=O. The number of esters is 1. The van der Waals surface area contributed by atoms with Crippen LogP contribution < -0.4 is 10.6 Å². The van der Waals surface area contributed by atoms with Gasteiger partial charge in [0.2, 0.25) is 11.8 Å². The van der Waals surface area contributed by atoms with Crippen LogP contribution in [0.1, 0.15) is 65.7 Å². The first-order valence-corrected chi connectivity index (χ1v) is 13.5. The predicted octanol–water partition coefficient (Wildman–Crippen LogP) is -0.675. The summed E-state index contributed by atoms with van der Waals surface area (Å²) in [6, 6.07) is -1.34. The molecule has 0 aromatic carbocycles. The number of hydrogen-bond donors (Lipinski definition) is 2. The number of hydroxylamine groups is 4. The van der Waals surface area contributed by atoms with Crippen LogP contribution in [0, 0.1) is 5.92 Å². The van der Waals surface area contributed by atoms with E-state index in [1.165, 1.54) is 6.92 Å². The molecule has 0 aromatic heterocycles. The van der Waals surface area contributed by atoms with Crippen LogP contribution in [0.3, 0.4) is 0 Å². The molecule has 6 amide bonds. The number of rotatable bonds is 14. The van der Waals surface area contributed by atoms with Crippen LogP contribution in [0.5, 0.6) is 0 Å². The van der Waals surface area contributed by atoms with E-state index in [0.29, 0.717) is 10.1 Å². The van der Waals surface area contributed by atoms with Gasteiger partial charge in [-0.2, -0.15) is 0 Å². The Labute approximate surface area is 242 Å². The van der Waals surface area contributed by atoms with Crippen molar-refractivity contribution >= 4 is 69.3 Å². The van der Waals surface area contributed by atoms with Gasteiger partial charge in [0.1, 0.15) is 17.0 Å². The maximum atomic E-state index is 12.8. The molecule has 2 aliphatic heterocycles. The summed E-state index contributed by atoms with van der Waals surface area (Å²) in [5.74, 6) is -7.73. The van der Waals surface area contributed by atoms with Gasteiger partial charge in [0.25, 0.3) is 23.6 Å². The summed E-state index contributed by atoms with van der Waals surface area (Å²) in [4.78, 5) is 118. The monoisotopic (exact) mass is 646 g/mol. The Morgan fingerprint density at radius 2 is 1.29 bits per heavy atom. The molecule has 0 spiro atoms. The van der Waals surface area contributed by atoms with Crippen molar-refractivity contribution in [2.24, 2.45) is 5.92 Å². The van der Waals surface area contributed by atoms with Crippen LogP contribution in [-0.2, 0) is 57.6 Å². The normalized spacial score (nSPS) is 16.8. The smallest absolute Gasteiger partial charge is 0.334 e. The van der Waals surface area contributed by atoms with E-state index in [-0.39, 0.29) is 45.3 Å². The molecule has 0 aliphatic carbocycles. The second-order valence-corrected chi connectivity index (χ2v) is 11.7. The van der Waals surface area contributed by atoms with Crippen LogP contribution in [0.15, 0.2) is 0 Å². The van der Waals surface area contributed by atoms with E-state index < -0.39 is 82.5 Å². The quantitative estimate of drug-likeness (QED) is 0.137. The van der Waals surface area contributed by atoms with Gasteiger partial charge in [-0.15, -0.1) is 10.1 Å². The fourth-order valence-electron chi connectivity index (χ4n) is 3.31. The summed E-state index contributed by atoms with van der Waals surface area (Å²) < 4.78 is 4.11. The van der Waals surface area contributed by atoms with Gasteiger partial charge in [-0.05, 0) is 20.3 Å². The second kappa shape index (κ2) is 14.7. The van der Waals surface area contributed by atoms with E-state index in [2.05, 4.69) is 26.6 Å². The molecular formula is C24H31BrN4O12. The number of carbonyl (C=O) groups is 9. The molecule has 0 radical (unpaired) electrons. The minimum absolute atomic E-state index is 0.0851. The Bertz CT molecular complexity index is 1090. The predicted molar refractivity (Wildman–Crippen MR) is 136 cm³/mol. The van der Waals surface area contributed by atoms with E-state index >= 15 is 0 Å². The molecule has 2 aliphatic rings. The number of alkyl halides is 1. The van der Waals surface area contributed by atoms with E-state index in [1.807, 2.05) is 0 Å². The van der Waals surface area contributed by atoms with Crippen LogP contribution >= 0.6 is 15.9 Å². The summed E-state index contributed by atoms with van der Waals surface area (Å²) in [7, 11) is 0. The average Bonchev–Trinajstić information content (AvgIpc) is 3.38. The zero-order valence-corrected chi connectivity index (χ0v) is 24.3. The van der Waals surface area contributed by atoms with Gasteiger partial charge in [-0.3, -0.25) is 33.6 Å². The van der Waals surface area contributed by atoms with Gasteiger partial charge in [0.15, 0.2) is 0 Å². The van der Waals surface area contributed by atoms with Gasteiger partial charge in [0, 0.05) is 32.2 Å². The van der Waals surface area contributed by atoms with Gasteiger partial charge >= 0.3 is 17.9 Å². The topological polar surface area (TPSA) is 212 Å². The van der Waals surface area contributed by atoms with Crippen LogP contribution in [0.2, 0.25) is 0 Å². The Hall–Kier alpha value is -3.89. The van der Waals surface area contributed by atoms with Gasteiger partial charge in [0.05, 0.1) is 18.8 Å². The minimum atomic E-state index is -1.34. The first-order chi connectivity index (χ1) is 19.1. The molecule has 41 heavy (non-hydrogen) atoms. The highest BCUT2D eigenvalue weighted by Crippen LogP contribution is 2.18. The fraction of sp³-hybridized carbons (Fsp3) is 0.625. The zero-order chi connectivity index (χ0) is 30.9. The van der Waals surface area contributed by atoms with Crippen molar-refractivity contribution < 1.29 is 57.6 Å². The zero-order valence-electron chi connectivity index (χ0n) is 22.7.